The molecule has 0 heterocycles. The van der Waals surface area contributed by atoms with Crippen LogP contribution in [0.3, 0.4) is 0 Å². The van der Waals surface area contributed by atoms with Crippen molar-refractivity contribution in [1.82, 2.24) is 4.90 Å². The average molecular weight is 586 g/mol. The fourth-order valence-corrected chi connectivity index (χ4v) is 6.18. The molecule has 3 nitrogen and oxygen atoms in total. The largest absolute Gasteiger partial charge is 1.00 e. The Hall–Kier alpha value is 0.0274. The van der Waals surface area contributed by atoms with Crippen LogP contribution >= 0.6 is 0 Å². The molecule has 246 valence electrons. The summed E-state index contributed by atoms with van der Waals surface area (Å²) in [6.07, 6.45) is 42.8. The Morgan fingerprint density at radius 1 is 0.381 bits per heavy atom. The molecule has 0 unspecified atom stereocenters. The summed E-state index contributed by atoms with van der Waals surface area (Å²) >= 11 is 0. The quantitative estimate of drug-likeness (QED) is 0.0546. The number of carbonyl (C=O) groups is 1. The second-order valence-electron chi connectivity index (χ2n) is 13.2. The van der Waals surface area contributed by atoms with Crippen LogP contribution in [0.15, 0.2) is 0 Å². The molecule has 0 spiro atoms. The second kappa shape index (κ2) is 39.1. The van der Waals surface area contributed by atoms with Crippen LogP contribution in [0.2, 0.25) is 0 Å². The van der Waals surface area contributed by atoms with E-state index >= 15 is 0 Å². The van der Waals surface area contributed by atoms with E-state index in [0.29, 0.717) is 0 Å². The van der Waals surface area contributed by atoms with E-state index in [-0.39, 0.29) is 25.3 Å². The molecule has 0 aromatic carbocycles. The molecule has 0 bridgehead atoms. The fraction of sp³-hybridized carbons (Fsp3) is 0.974. The van der Waals surface area contributed by atoms with E-state index in [1.54, 1.807) is 0 Å². The zero-order valence-electron chi connectivity index (χ0n) is 29.5. The van der Waals surface area contributed by atoms with Gasteiger partial charge in [0.2, 0.25) is 0 Å². The van der Waals surface area contributed by atoms with E-state index in [0.717, 1.165) is 25.8 Å². The van der Waals surface area contributed by atoms with Gasteiger partial charge >= 0.3 is 18.9 Å². The third-order valence-corrected chi connectivity index (χ3v) is 9.01. The van der Waals surface area contributed by atoms with E-state index < -0.39 is 5.97 Å². The van der Waals surface area contributed by atoms with Gasteiger partial charge in [-0.05, 0) is 51.7 Å². The number of aliphatic carboxylic acids is 1. The van der Waals surface area contributed by atoms with Crippen molar-refractivity contribution in [3.05, 3.63) is 0 Å². The SMILES string of the molecule is CCCCCCCCCCCCCCCCN(CCCCCCCCCCCCCCCC)CCCCCC(=O)[O-].[Li+]. The molecule has 0 aromatic heterocycles. The minimum absolute atomic E-state index is 0. The third kappa shape index (κ3) is 38.1. The molecule has 0 rings (SSSR count). The summed E-state index contributed by atoms with van der Waals surface area (Å²) < 4.78 is 0. The van der Waals surface area contributed by atoms with Crippen molar-refractivity contribution < 1.29 is 28.8 Å². The molecule has 0 amide bonds. The Morgan fingerprint density at radius 2 is 0.595 bits per heavy atom. The number of hydrogen-bond acceptors (Lipinski definition) is 3. The number of nitrogens with zero attached hydrogens (tertiary/aromatic N) is 1. The van der Waals surface area contributed by atoms with Crippen molar-refractivity contribution in [2.45, 2.75) is 219 Å². The van der Waals surface area contributed by atoms with Crippen LogP contribution in [0.5, 0.6) is 0 Å². The smallest absolute Gasteiger partial charge is 0.550 e. The van der Waals surface area contributed by atoms with Crippen LogP contribution in [-0.2, 0) is 4.79 Å². The zero-order chi connectivity index (χ0) is 29.9. The molecule has 42 heavy (non-hydrogen) atoms. The molecule has 0 radical (unpaired) electrons. The molecule has 0 atom stereocenters. The maximum atomic E-state index is 10.7. The summed E-state index contributed by atoms with van der Waals surface area (Å²) in [5, 5.41) is 10.7. The van der Waals surface area contributed by atoms with Crippen molar-refractivity contribution in [2.24, 2.45) is 0 Å². The Bertz CT molecular complexity index is 469. The Kier molecular flexibility index (Phi) is 41.1. The first-order chi connectivity index (χ1) is 20.2. The average Bonchev–Trinajstić information content (AvgIpc) is 2.96. The van der Waals surface area contributed by atoms with Crippen LogP contribution in [0.25, 0.3) is 0 Å². The first-order valence-corrected chi connectivity index (χ1v) is 19.1. The summed E-state index contributed by atoms with van der Waals surface area (Å²) in [6, 6.07) is 0. The molecular formula is C38H76LiNO2. The molecule has 0 N–H and O–H groups in total. The normalized spacial score (nSPS) is 11.3. The van der Waals surface area contributed by atoms with Gasteiger partial charge in [0.1, 0.15) is 0 Å². The number of unbranched alkanes of at least 4 members (excludes halogenated alkanes) is 28. The fourth-order valence-electron chi connectivity index (χ4n) is 6.18. The Balaban J connectivity index is 0. The van der Waals surface area contributed by atoms with E-state index in [4.69, 9.17) is 0 Å². The van der Waals surface area contributed by atoms with Gasteiger partial charge in [0.15, 0.2) is 0 Å². The van der Waals surface area contributed by atoms with Gasteiger partial charge in [-0.1, -0.05) is 187 Å². The minimum atomic E-state index is -0.897. The zero-order valence-corrected chi connectivity index (χ0v) is 29.5. The van der Waals surface area contributed by atoms with Crippen molar-refractivity contribution in [1.29, 1.82) is 0 Å². The van der Waals surface area contributed by atoms with Crippen molar-refractivity contribution in [3.8, 4) is 0 Å². The standard InChI is InChI=1S/C38H77NO2.Li/c1-3-5-7-9-11-13-15-17-19-21-23-25-27-31-35-39(37-33-29-30-34-38(40)41)36-32-28-26-24-22-20-18-16-14-12-10-8-6-4-2;/h3-37H2,1-2H3,(H,40,41);/q;+1/p-1. The predicted octanol–water partition coefficient (Wildman–Crippen LogP) is 8.57. The maximum Gasteiger partial charge on any atom is 1.00 e. The summed E-state index contributed by atoms with van der Waals surface area (Å²) in [4.78, 5) is 13.4. The molecule has 0 saturated carbocycles. The van der Waals surface area contributed by atoms with Gasteiger partial charge in [0.05, 0.1) is 0 Å². The van der Waals surface area contributed by atoms with E-state index in [2.05, 4.69) is 18.7 Å². The van der Waals surface area contributed by atoms with Crippen LogP contribution in [-0.4, -0.2) is 30.5 Å². The molecule has 0 fully saturated rings. The van der Waals surface area contributed by atoms with Gasteiger partial charge in [0.25, 0.3) is 0 Å². The first-order valence-electron chi connectivity index (χ1n) is 19.1. The Labute approximate surface area is 277 Å². The van der Waals surface area contributed by atoms with Gasteiger partial charge in [-0.25, -0.2) is 0 Å². The molecule has 0 aromatic rings. The van der Waals surface area contributed by atoms with Gasteiger partial charge in [0, 0.05) is 5.97 Å². The molecule has 4 heteroatoms. The molecule has 0 aliphatic rings. The third-order valence-electron chi connectivity index (χ3n) is 9.01. The second-order valence-corrected chi connectivity index (χ2v) is 13.2. The maximum absolute atomic E-state index is 10.7. The topological polar surface area (TPSA) is 43.4 Å². The van der Waals surface area contributed by atoms with Gasteiger partial charge < -0.3 is 14.8 Å². The molecule has 0 aliphatic heterocycles. The molecular weight excluding hydrogens is 509 g/mol. The number of hydrogen-bond donors (Lipinski definition) is 0. The van der Waals surface area contributed by atoms with Crippen molar-refractivity contribution >= 4 is 5.97 Å². The van der Waals surface area contributed by atoms with E-state index in [9.17, 15) is 9.90 Å². The number of carbonyl (C=O) groups excluding carboxylic acids is 1. The summed E-state index contributed by atoms with van der Waals surface area (Å²) in [6.45, 7) is 8.20. The van der Waals surface area contributed by atoms with Crippen LogP contribution < -0.4 is 24.0 Å². The summed E-state index contributed by atoms with van der Waals surface area (Å²) in [5.74, 6) is -0.897. The monoisotopic (exact) mass is 586 g/mol. The number of carboxylic acids is 1. The molecule has 0 aliphatic carbocycles. The predicted molar refractivity (Wildman–Crippen MR) is 181 cm³/mol. The van der Waals surface area contributed by atoms with Crippen LogP contribution in [0.1, 0.15) is 219 Å². The van der Waals surface area contributed by atoms with Crippen molar-refractivity contribution in [3.63, 3.8) is 0 Å². The van der Waals surface area contributed by atoms with Gasteiger partial charge in [-0.3, -0.25) is 0 Å². The van der Waals surface area contributed by atoms with Gasteiger partial charge in [-0.2, -0.15) is 0 Å². The van der Waals surface area contributed by atoms with Gasteiger partial charge in [-0.15, -0.1) is 0 Å². The number of carboxylic acid groups (broad SMARTS) is 1. The Morgan fingerprint density at radius 3 is 0.833 bits per heavy atom. The van der Waals surface area contributed by atoms with E-state index in [1.807, 2.05) is 0 Å². The number of rotatable bonds is 36. The summed E-state index contributed by atoms with van der Waals surface area (Å²) in [5.41, 5.74) is 0. The van der Waals surface area contributed by atoms with Crippen LogP contribution in [0, 0.1) is 0 Å². The minimum Gasteiger partial charge on any atom is -0.550 e. The van der Waals surface area contributed by atoms with Crippen LogP contribution in [0.4, 0.5) is 0 Å². The first kappa shape index (κ1) is 44.2. The summed E-state index contributed by atoms with van der Waals surface area (Å²) in [7, 11) is 0. The van der Waals surface area contributed by atoms with E-state index in [1.165, 1.54) is 193 Å². The molecule has 0 saturated heterocycles. The van der Waals surface area contributed by atoms with Crippen molar-refractivity contribution in [2.75, 3.05) is 19.6 Å².